The van der Waals surface area contributed by atoms with Crippen LogP contribution in [0.25, 0.3) is 10.8 Å². The molecule has 1 aliphatic rings. The number of ether oxygens (including phenoxy) is 1. The molecule has 1 aromatic heterocycles. The van der Waals surface area contributed by atoms with Gasteiger partial charge < -0.3 is 13.8 Å². The van der Waals surface area contributed by atoms with E-state index in [2.05, 4.69) is 26.2 Å². The number of carbonyl (C=O) groups excluding carboxylic acids is 2. The lowest BCUT2D eigenvalue weighted by Crippen LogP contribution is -2.39. The predicted octanol–water partition coefficient (Wildman–Crippen LogP) is 4.23. The second-order valence-electron chi connectivity index (χ2n) is 7.48. The first kappa shape index (κ1) is 24.7. The van der Waals surface area contributed by atoms with Crippen LogP contribution in [0.1, 0.15) is 40.3 Å². The molecule has 34 heavy (non-hydrogen) atoms. The second kappa shape index (κ2) is 10.5. The number of aromatic nitrogens is 3. The SMILES string of the molecule is CCOP(=O)(CCOCn1cc(CN2C(=O)c3cccc4c(Br)ccc(c34)C2=O)nn1)OCC. The van der Waals surface area contributed by atoms with Crippen LogP contribution >= 0.6 is 23.5 Å². The number of amides is 2. The Morgan fingerprint density at radius 3 is 2.44 bits per heavy atom. The van der Waals surface area contributed by atoms with Crippen LogP contribution in [0.5, 0.6) is 0 Å². The molecule has 180 valence electrons. The minimum Gasteiger partial charge on any atom is -0.359 e. The van der Waals surface area contributed by atoms with Crippen molar-refractivity contribution < 1.29 is 27.9 Å². The fourth-order valence-corrected chi connectivity index (χ4v) is 5.72. The van der Waals surface area contributed by atoms with E-state index in [0.29, 0.717) is 22.2 Å². The van der Waals surface area contributed by atoms with Crippen molar-refractivity contribution in [3.8, 4) is 0 Å². The predicted molar refractivity (Wildman–Crippen MR) is 128 cm³/mol. The number of hydrogen-bond acceptors (Lipinski definition) is 8. The van der Waals surface area contributed by atoms with Crippen molar-refractivity contribution >= 4 is 46.1 Å². The van der Waals surface area contributed by atoms with Crippen LogP contribution in [0, 0.1) is 0 Å². The van der Waals surface area contributed by atoms with Crippen LogP contribution in [0.4, 0.5) is 0 Å². The number of imide groups is 1. The van der Waals surface area contributed by atoms with Gasteiger partial charge in [-0.3, -0.25) is 19.1 Å². The van der Waals surface area contributed by atoms with E-state index in [1.807, 2.05) is 6.07 Å². The smallest absolute Gasteiger partial charge is 0.332 e. The lowest BCUT2D eigenvalue weighted by atomic mass is 9.94. The van der Waals surface area contributed by atoms with Crippen LogP contribution in [0.15, 0.2) is 41.0 Å². The van der Waals surface area contributed by atoms with E-state index in [-0.39, 0.29) is 51.1 Å². The van der Waals surface area contributed by atoms with Crippen molar-refractivity contribution in [3.05, 3.63) is 57.8 Å². The average molecular weight is 551 g/mol. The quantitative estimate of drug-likeness (QED) is 0.198. The summed E-state index contributed by atoms with van der Waals surface area (Å²) < 4.78 is 30.7. The summed E-state index contributed by atoms with van der Waals surface area (Å²) in [5.41, 5.74) is 1.38. The topological polar surface area (TPSA) is 113 Å². The number of carbonyl (C=O) groups is 2. The summed E-state index contributed by atoms with van der Waals surface area (Å²) in [5, 5.41) is 9.51. The first-order valence-corrected chi connectivity index (χ1v) is 13.3. The van der Waals surface area contributed by atoms with Crippen LogP contribution < -0.4 is 0 Å². The number of halogens is 1. The molecular formula is C22H24BrN4O6P. The third-order valence-electron chi connectivity index (χ3n) is 5.23. The lowest BCUT2D eigenvalue weighted by Gasteiger charge is -2.26. The van der Waals surface area contributed by atoms with Gasteiger partial charge in [0, 0.05) is 21.0 Å². The summed E-state index contributed by atoms with van der Waals surface area (Å²) in [6.45, 7) is 4.25. The Morgan fingerprint density at radius 2 is 1.74 bits per heavy atom. The molecule has 0 bridgehead atoms. The van der Waals surface area contributed by atoms with Gasteiger partial charge in [-0.15, -0.1) is 5.10 Å². The molecule has 0 saturated heterocycles. The van der Waals surface area contributed by atoms with Gasteiger partial charge in [0.2, 0.25) is 0 Å². The zero-order valence-corrected chi connectivity index (χ0v) is 21.3. The molecule has 4 rings (SSSR count). The van der Waals surface area contributed by atoms with Gasteiger partial charge in [-0.2, -0.15) is 0 Å². The molecule has 12 heteroatoms. The zero-order valence-electron chi connectivity index (χ0n) is 18.8. The van der Waals surface area contributed by atoms with Gasteiger partial charge in [0.15, 0.2) is 0 Å². The molecule has 0 spiro atoms. The number of nitrogens with zero attached hydrogens (tertiary/aromatic N) is 4. The third-order valence-corrected chi connectivity index (χ3v) is 7.95. The summed E-state index contributed by atoms with van der Waals surface area (Å²) in [4.78, 5) is 27.4. The van der Waals surface area contributed by atoms with Gasteiger partial charge in [-0.1, -0.05) is 33.3 Å². The lowest BCUT2D eigenvalue weighted by molar-refractivity contribution is 0.0596. The van der Waals surface area contributed by atoms with Crippen LogP contribution in [0.2, 0.25) is 0 Å². The van der Waals surface area contributed by atoms with Crippen molar-refractivity contribution in [1.82, 2.24) is 19.9 Å². The van der Waals surface area contributed by atoms with Gasteiger partial charge in [0.25, 0.3) is 11.8 Å². The zero-order chi connectivity index (χ0) is 24.3. The molecule has 0 N–H and O–H groups in total. The van der Waals surface area contributed by atoms with E-state index in [1.54, 1.807) is 44.3 Å². The normalized spacial score (nSPS) is 13.8. The molecule has 0 unspecified atom stereocenters. The molecule has 1 aliphatic heterocycles. The fraction of sp³-hybridized carbons (Fsp3) is 0.364. The molecule has 0 saturated carbocycles. The second-order valence-corrected chi connectivity index (χ2v) is 10.5. The Kier molecular flexibility index (Phi) is 7.59. The van der Waals surface area contributed by atoms with Crippen molar-refractivity contribution in [2.45, 2.75) is 27.1 Å². The maximum absolute atomic E-state index is 13.1. The number of hydrogen-bond donors (Lipinski definition) is 0. The fourth-order valence-electron chi connectivity index (χ4n) is 3.78. The standard InChI is InChI=1S/C22H24BrN4O6P/c1-3-32-34(30,33-4-2)11-10-31-14-26-12-15(24-25-26)13-27-21(28)17-7-5-6-16-19(23)9-8-18(20(16)17)22(27)29/h5-9,12H,3-4,10-11,13-14H2,1-2H3. The largest absolute Gasteiger partial charge is 0.359 e. The van der Waals surface area contributed by atoms with Crippen molar-refractivity contribution in [1.29, 1.82) is 0 Å². The van der Waals surface area contributed by atoms with Crippen LogP contribution in [-0.2, 0) is 31.6 Å². The molecule has 2 aromatic carbocycles. The highest BCUT2D eigenvalue weighted by molar-refractivity contribution is 9.10. The summed E-state index contributed by atoms with van der Waals surface area (Å²) in [7, 11) is -3.18. The van der Waals surface area contributed by atoms with Crippen molar-refractivity contribution in [2.75, 3.05) is 26.0 Å². The van der Waals surface area contributed by atoms with Gasteiger partial charge in [-0.05, 0) is 37.4 Å². The summed E-state index contributed by atoms with van der Waals surface area (Å²) in [5.74, 6) is -0.760. The summed E-state index contributed by atoms with van der Waals surface area (Å²) >= 11 is 3.48. The highest BCUT2D eigenvalue weighted by Gasteiger charge is 2.33. The molecule has 0 aliphatic carbocycles. The number of benzene rings is 2. The van der Waals surface area contributed by atoms with Gasteiger partial charge in [0.1, 0.15) is 12.4 Å². The molecule has 0 fully saturated rings. The first-order valence-electron chi connectivity index (χ1n) is 10.8. The summed E-state index contributed by atoms with van der Waals surface area (Å²) in [6.07, 6.45) is 1.72. The molecular weight excluding hydrogens is 527 g/mol. The van der Waals surface area contributed by atoms with E-state index >= 15 is 0 Å². The van der Waals surface area contributed by atoms with E-state index in [9.17, 15) is 14.2 Å². The van der Waals surface area contributed by atoms with Crippen molar-refractivity contribution in [3.63, 3.8) is 0 Å². The molecule has 0 radical (unpaired) electrons. The Hall–Kier alpha value is -2.43. The molecule has 0 atom stereocenters. The van der Waals surface area contributed by atoms with E-state index < -0.39 is 7.60 Å². The van der Waals surface area contributed by atoms with Crippen molar-refractivity contribution in [2.24, 2.45) is 0 Å². The van der Waals surface area contributed by atoms with Gasteiger partial charge in [0.05, 0.1) is 38.7 Å². The van der Waals surface area contributed by atoms with E-state index in [1.165, 1.54) is 9.58 Å². The molecule has 10 nitrogen and oxygen atoms in total. The Bertz CT molecular complexity index is 1250. The Labute approximate surface area is 204 Å². The van der Waals surface area contributed by atoms with E-state index in [0.717, 1.165) is 9.86 Å². The monoisotopic (exact) mass is 550 g/mol. The van der Waals surface area contributed by atoms with Crippen LogP contribution in [0.3, 0.4) is 0 Å². The highest BCUT2D eigenvalue weighted by atomic mass is 79.9. The van der Waals surface area contributed by atoms with Gasteiger partial charge in [-0.25, -0.2) is 4.68 Å². The maximum Gasteiger partial charge on any atom is 0.332 e. The summed E-state index contributed by atoms with van der Waals surface area (Å²) in [6, 6.07) is 8.90. The minimum absolute atomic E-state index is 0.0204. The van der Waals surface area contributed by atoms with E-state index in [4.69, 9.17) is 13.8 Å². The molecule has 2 amide bonds. The average Bonchev–Trinajstić information content (AvgIpc) is 3.26. The first-order chi connectivity index (χ1) is 16.4. The van der Waals surface area contributed by atoms with Gasteiger partial charge >= 0.3 is 7.60 Å². The number of rotatable bonds is 11. The minimum atomic E-state index is -3.18. The third kappa shape index (κ3) is 4.99. The Morgan fingerprint density at radius 1 is 1.03 bits per heavy atom. The maximum atomic E-state index is 13.1. The molecule has 2 heterocycles. The Balaban J connectivity index is 1.41. The highest BCUT2D eigenvalue weighted by Crippen LogP contribution is 2.47. The molecule has 3 aromatic rings. The van der Waals surface area contributed by atoms with Crippen LogP contribution in [-0.4, -0.2) is 57.7 Å².